The van der Waals surface area contributed by atoms with E-state index in [1.54, 1.807) is 11.8 Å². The molecule has 7 nitrogen and oxygen atoms in total. The van der Waals surface area contributed by atoms with Gasteiger partial charge in [0, 0.05) is 26.2 Å². The molecular weight excluding hydrogens is 507 g/mol. The fourth-order valence-corrected chi connectivity index (χ4v) is 3.35. The number of hydrogen-bond donors (Lipinski definition) is 3. The van der Waals surface area contributed by atoms with Crippen LogP contribution in [0.4, 0.5) is 4.79 Å². The number of nitrogens with zero attached hydrogens (tertiary/aromatic N) is 2. The van der Waals surface area contributed by atoms with Crippen molar-refractivity contribution >= 4 is 36.0 Å². The molecule has 0 radical (unpaired) electrons. The number of aliphatic imine (C=N–C) groups is 1. The van der Waals surface area contributed by atoms with Crippen LogP contribution in [0.15, 0.2) is 35.3 Å². The van der Waals surface area contributed by atoms with Crippen LogP contribution in [0, 0.1) is 5.92 Å². The third kappa shape index (κ3) is 9.64. The number of hydrogen-bond acceptors (Lipinski definition) is 4. The molecule has 0 bridgehead atoms. The van der Waals surface area contributed by atoms with E-state index in [2.05, 4.69) is 15.6 Å². The van der Waals surface area contributed by atoms with Crippen LogP contribution in [-0.2, 0) is 10.3 Å². The monoisotopic (exact) mass is 546 g/mol. The number of piperidine rings is 1. The van der Waals surface area contributed by atoms with Crippen LogP contribution in [0.25, 0.3) is 0 Å². The Hall–Kier alpha value is -1.55. The molecule has 0 aliphatic carbocycles. The SMILES string of the molecule is CCNC(=NCC(C)(O)c1ccccc1)NCC1CCN(C(=O)OC(C)(C)C)CC1.I. The average Bonchev–Trinajstić information content (AvgIpc) is 2.70. The number of halogens is 1. The van der Waals surface area contributed by atoms with Crippen molar-refractivity contribution < 1.29 is 14.6 Å². The van der Waals surface area contributed by atoms with Gasteiger partial charge in [-0.3, -0.25) is 0 Å². The summed E-state index contributed by atoms with van der Waals surface area (Å²) in [7, 11) is 0. The van der Waals surface area contributed by atoms with Crippen molar-refractivity contribution in [3.05, 3.63) is 35.9 Å². The highest BCUT2D eigenvalue weighted by atomic mass is 127. The minimum absolute atomic E-state index is 0. The molecule has 1 aliphatic rings. The molecule has 0 aromatic heterocycles. The second-order valence-corrected chi connectivity index (χ2v) is 9.13. The standard InChI is InChI=1S/C23H38N4O3.HI/c1-6-24-20(26-17-23(5,29)19-10-8-7-9-11-19)25-16-18-12-14-27(15-13-18)21(28)30-22(2,3)4;/h7-11,18,29H,6,12-17H2,1-5H3,(H2,24,25,26);1H. The predicted octanol–water partition coefficient (Wildman–Crippen LogP) is 3.71. The van der Waals surface area contributed by atoms with E-state index < -0.39 is 11.2 Å². The molecule has 1 unspecified atom stereocenters. The lowest BCUT2D eigenvalue weighted by molar-refractivity contribution is 0.0185. The van der Waals surface area contributed by atoms with Gasteiger partial charge in [0.15, 0.2) is 5.96 Å². The molecule has 176 valence electrons. The highest BCUT2D eigenvalue weighted by Crippen LogP contribution is 2.21. The molecule has 1 aromatic rings. The van der Waals surface area contributed by atoms with E-state index in [9.17, 15) is 9.90 Å². The normalized spacial score (nSPS) is 17.4. The van der Waals surface area contributed by atoms with E-state index in [0.29, 0.717) is 25.0 Å². The molecule has 1 aliphatic heterocycles. The third-order valence-electron chi connectivity index (χ3n) is 5.11. The van der Waals surface area contributed by atoms with Crippen molar-refractivity contribution in [2.75, 3.05) is 32.7 Å². The summed E-state index contributed by atoms with van der Waals surface area (Å²) in [4.78, 5) is 18.6. The molecule has 2 rings (SSSR count). The van der Waals surface area contributed by atoms with E-state index in [1.807, 2.05) is 58.0 Å². The number of nitrogens with one attached hydrogen (secondary N) is 2. The fraction of sp³-hybridized carbons (Fsp3) is 0.652. The van der Waals surface area contributed by atoms with Crippen LogP contribution in [0.1, 0.15) is 53.0 Å². The van der Waals surface area contributed by atoms with Gasteiger partial charge in [0.05, 0.1) is 6.54 Å². The highest BCUT2D eigenvalue weighted by molar-refractivity contribution is 14.0. The Morgan fingerprint density at radius 3 is 2.32 bits per heavy atom. The number of carbonyl (C=O) groups is 1. The van der Waals surface area contributed by atoms with Gasteiger partial charge in [-0.15, -0.1) is 24.0 Å². The van der Waals surface area contributed by atoms with E-state index in [4.69, 9.17) is 4.74 Å². The maximum Gasteiger partial charge on any atom is 0.410 e. The molecular formula is C23H39IN4O3. The summed E-state index contributed by atoms with van der Waals surface area (Å²) < 4.78 is 5.46. The summed E-state index contributed by atoms with van der Waals surface area (Å²) in [6, 6.07) is 9.59. The van der Waals surface area contributed by atoms with Crippen LogP contribution in [0.2, 0.25) is 0 Å². The quantitative estimate of drug-likeness (QED) is 0.288. The number of amides is 1. The molecule has 3 N–H and O–H groups in total. The van der Waals surface area contributed by atoms with Gasteiger partial charge < -0.3 is 25.4 Å². The summed E-state index contributed by atoms with van der Waals surface area (Å²) in [5.41, 5.74) is -0.644. The van der Waals surface area contributed by atoms with Gasteiger partial charge in [0.25, 0.3) is 0 Å². The summed E-state index contributed by atoms with van der Waals surface area (Å²) in [5, 5.41) is 17.4. The Labute approximate surface area is 204 Å². The number of guanidine groups is 1. The number of carbonyl (C=O) groups excluding carboxylic acids is 1. The lowest BCUT2D eigenvalue weighted by atomic mass is 9.96. The van der Waals surface area contributed by atoms with Crippen LogP contribution >= 0.6 is 24.0 Å². The smallest absolute Gasteiger partial charge is 0.410 e. The maximum atomic E-state index is 12.2. The first-order valence-corrected chi connectivity index (χ1v) is 10.9. The number of likely N-dealkylation sites (tertiary alicyclic amines) is 1. The molecule has 1 atom stereocenters. The summed E-state index contributed by atoms with van der Waals surface area (Å²) in [5.74, 6) is 1.16. The number of ether oxygens (including phenoxy) is 1. The summed E-state index contributed by atoms with van der Waals surface area (Å²) in [6.07, 6.45) is 1.62. The van der Waals surface area contributed by atoms with Crippen molar-refractivity contribution in [3.63, 3.8) is 0 Å². The lowest BCUT2D eigenvalue weighted by Gasteiger charge is -2.33. The molecule has 0 spiro atoms. The predicted molar refractivity (Wildman–Crippen MR) is 136 cm³/mol. The van der Waals surface area contributed by atoms with Gasteiger partial charge in [-0.1, -0.05) is 30.3 Å². The summed E-state index contributed by atoms with van der Waals surface area (Å²) >= 11 is 0. The van der Waals surface area contributed by atoms with E-state index in [1.165, 1.54) is 0 Å². The molecule has 1 aromatic carbocycles. The Bertz CT molecular complexity index is 697. The fourth-order valence-electron chi connectivity index (χ4n) is 3.35. The zero-order chi connectivity index (χ0) is 22.2. The van der Waals surface area contributed by atoms with E-state index in [-0.39, 0.29) is 36.6 Å². The van der Waals surface area contributed by atoms with Crippen molar-refractivity contribution in [3.8, 4) is 0 Å². The minimum Gasteiger partial charge on any atom is -0.444 e. The molecule has 31 heavy (non-hydrogen) atoms. The molecule has 8 heteroatoms. The minimum atomic E-state index is -1.03. The summed E-state index contributed by atoms with van der Waals surface area (Å²) in [6.45, 7) is 12.7. The van der Waals surface area contributed by atoms with Crippen molar-refractivity contribution in [2.45, 2.75) is 58.7 Å². The van der Waals surface area contributed by atoms with Gasteiger partial charge >= 0.3 is 6.09 Å². The molecule has 1 amide bonds. The lowest BCUT2D eigenvalue weighted by Crippen LogP contribution is -2.45. The maximum absolute atomic E-state index is 12.2. The Balaban J connectivity index is 0.00000480. The number of rotatable bonds is 6. The highest BCUT2D eigenvalue weighted by Gasteiger charge is 2.27. The van der Waals surface area contributed by atoms with Gasteiger partial charge in [0.1, 0.15) is 11.2 Å². The molecule has 1 heterocycles. The Kier molecular flexibility index (Phi) is 11.1. The van der Waals surface area contributed by atoms with Gasteiger partial charge in [-0.25, -0.2) is 9.79 Å². The zero-order valence-electron chi connectivity index (χ0n) is 19.5. The van der Waals surface area contributed by atoms with Crippen molar-refractivity contribution in [1.29, 1.82) is 0 Å². The second-order valence-electron chi connectivity index (χ2n) is 9.13. The van der Waals surface area contributed by atoms with Crippen molar-refractivity contribution in [2.24, 2.45) is 10.9 Å². The van der Waals surface area contributed by atoms with E-state index >= 15 is 0 Å². The van der Waals surface area contributed by atoms with Crippen LogP contribution < -0.4 is 10.6 Å². The van der Waals surface area contributed by atoms with E-state index in [0.717, 1.165) is 31.5 Å². The molecule has 0 saturated carbocycles. The molecule has 1 fully saturated rings. The Morgan fingerprint density at radius 1 is 1.16 bits per heavy atom. The van der Waals surface area contributed by atoms with Gasteiger partial charge in [-0.05, 0) is 58.9 Å². The number of aliphatic hydroxyl groups is 1. The average molecular weight is 546 g/mol. The largest absolute Gasteiger partial charge is 0.444 e. The van der Waals surface area contributed by atoms with Crippen molar-refractivity contribution in [1.82, 2.24) is 15.5 Å². The van der Waals surface area contributed by atoms with Crippen LogP contribution in [0.5, 0.6) is 0 Å². The second kappa shape index (κ2) is 12.5. The first kappa shape index (κ1) is 27.5. The third-order valence-corrected chi connectivity index (χ3v) is 5.11. The first-order valence-electron chi connectivity index (χ1n) is 10.9. The topological polar surface area (TPSA) is 86.2 Å². The zero-order valence-corrected chi connectivity index (χ0v) is 21.8. The van der Waals surface area contributed by atoms with Crippen LogP contribution in [-0.4, -0.2) is 60.4 Å². The van der Waals surface area contributed by atoms with Crippen LogP contribution in [0.3, 0.4) is 0 Å². The molecule has 1 saturated heterocycles. The van der Waals surface area contributed by atoms with Gasteiger partial charge in [-0.2, -0.15) is 0 Å². The Morgan fingerprint density at radius 2 is 1.77 bits per heavy atom. The van der Waals surface area contributed by atoms with Gasteiger partial charge in [0.2, 0.25) is 0 Å². The first-order chi connectivity index (χ1) is 14.1. The number of benzene rings is 1.